The molecule has 186 valence electrons. The van der Waals surface area contributed by atoms with Crippen molar-refractivity contribution in [1.29, 1.82) is 0 Å². The third kappa shape index (κ3) is 5.10. The van der Waals surface area contributed by atoms with Crippen LogP contribution in [-0.2, 0) is 19.6 Å². The molecule has 0 saturated carbocycles. The molecule has 0 aliphatic carbocycles. The van der Waals surface area contributed by atoms with Crippen LogP contribution in [0.5, 0.6) is 0 Å². The van der Waals surface area contributed by atoms with Gasteiger partial charge in [-0.1, -0.05) is 92.2 Å². The fraction of sp³-hybridized carbons (Fsp3) is 0.207. The maximum atomic E-state index is 13.1. The number of rotatable bonds is 9. The lowest BCUT2D eigenvalue weighted by molar-refractivity contribution is 0.269. The number of H-pyrrole nitrogens is 1. The van der Waals surface area contributed by atoms with Crippen molar-refractivity contribution >= 4 is 0 Å². The summed E-state index contributed by atoms with van der Waals surface area (Å²) in [5, 5.41) is 24.9. The Balaban J connectivity index is 1.54. The number of aromatic nitrogens is 6. The molecular weight excluding hydrogens is 464 g/mol. The number of tetrazole rings is 1. The first kappa shape index (κ1) is 24.3. The van der Waals surface area contributed by atoms with Gasteiger partial charge in [0.15, 0.2) is 0 Å². The zero-order valence-electron chi connectivity index (χ0n) is 20.6. The van der Waals surface area contributed by atoms with Gasteiger partial charge in [0.05, 0.1) is 17.9 Å². The van der Waals surface area contributed by atoms with Crippen LogP contribution in [0.25, 0.3) is 33.6 Å². The van der Waals surface area contributed by atoms with E-state index in [2.05, 4.69) is 56.8 Å². The second kappa shape index (κ2) is 11.1. The third-order valence-electron chi connectivity index (χ3n) is 6.46. The summed E-state index contributed by atoms with van der Waals surface area (Å²) < 4.78 is 2.00. The normalized spacial score (nSPS) is 11.1. The largest absolute Gasteiger partial charge is 0.390 e. The second-order valence-electron chi connectivity index (χ2n) is 8.85. The Hall–Kier alpha value is -4.43. The standard InChI is InChI=1S/C29H28N6O2/c1-2-3-13-26-30-29(37)27(22-9-5-4-6-10-22)25(19-36)35(26)18-20-14-16-21(17-15-20)23-11-7-8-12-24(23)28-31-33-34-32-28/h4-12,14-17,36H,2-3,13,18-19H2,1H3,(H,31,32,33,34). The van der Waals surface area contributed by atoms with E-state index in [0.29, 0.717) is 35.9 Å². The van der Waals surface area contributed by atoms with Crippen LogP contribution in [0.4, 0.5) is 0 Å². The smallest absolute Gasteiger partial charge is 0.281 e. The maximum Gasteiger partial charge on any atom is 0.281 e. The zero-order valence-corrected chi connectivity index (χ0v) is 20.6. The Morgan fingerprint density at radius 3 is 2.30 bits per heavy atom. The minimum absolute atomic E-state index is 0.253. The molecule has 0 saturated heterocycles. The predicted octanol–water partition coefficient (Wildman–Crippen LogP) is 4.64. The number of aliphatic hydroxyl groups is 1. The quantitative estimate of drug-likeness (QED) is 0.310. The van der Waals surface area contributed by atoms with E-state index >= 15 is 0 Å². The summed E-state index contributed by atoms with van der Waals surface area (Å²) in [6.07, 6.45) is 2.57. The molecular formula is C29H28N6O2. The van der Waals surface area contributed by atoms with Gasteiger partial charge in [0, 0.05) is 18.5 Å². The minimum Gasteiger partial charge on any atom is -0.390 e. The fourth-order valence-corrected chi connectivity index (χ4v) is 4.60. The predicted molar refractivity (Wildman–Crippen MR) is 143 cm³/mol. The van der Waals surface area contributed by atoms with Gasteiger partial charge in [0.1, 0.15) is 5.82 Å². The summed E-state index contributed by atoms with van der Waals surface area (Å²) in [7, 11) is 0. The van der Waals surface area contributed by atoms with E-state index < -0.39 is 0 Å². The van der Waals surface area contributed by atoms with Crippen molar-refractivity contribution < 1.29 is 5.11 Å². The molecule has 0 fully saturated rings. The Labute approximate surface area is 214 Å². The molecule has 0 spiro atoms. The highest BCUT2D eigenvalue weighted by Gasteiger charge is 2.18. The summed E-state index contributed by atoms with van der Waals surface area (Å²) in [5.74, 6) is 1.24. The molecule has 5 rings (SSSR count). The van der Waals surface area contributed by atoms with Crippen molar-refractivity contribution in [3.8, 4) is 33.6 Å². The average molecular weight is 493 g/mol. The monoisotopic (exact) mass is 492 g/mol. The van der Waals surface area contributed by atoms with E-state index in [1.807, 2.05) is 59.2 Å². The number of hydrogen-bond acceptors (Lipinski definition) is 6. The summed E-state index contributed by atoms with van der Waals surface area (Å²) in [5.41, 5.74) is 5.47. The molecule has 37 heavy (non-hydrogen) atoms. The van der Waals surface area contributed by atoms with Gasteiger partial charge < -0.3 is 9.67 Å². The van der Waals surface area contributed by atoms with E-state index in [4.69, 9.17) is 0 Å². The van der Waals surface area contributed by atoms with Crippen molar-refractivity contribution in [3.05, 3.63) is 106 Å². The van der Waals surface area contributed by atoms with Gasteiger partial charge in [-0.25, -0.2) is 0 Å². The fourth-order valence-electron chi connectivity index (χ4n) is 4.60. The van der Waals surface area contributed by atoms with E-state index in [1.165, 1.54) is 0 Å². The van der Waals surface area contributed by atoms with Crippen LogP contribution in [0.1, 0.15) is 36.8 Å². The summed E-state index contributed by atoms with van der Waals surface area (Å²) >= 11 is 0. The van der Waals surface area contributed by atoms with Crippen molar-refractivity contribution in [2.75, 3.05) is 0 Å². The molecule has 0 bridgehead atoms. The number of aryl methyl sites for hydroxylation is 1. The molecule has 0 amide bonds. The van der Waals surface area contributed by atoms with Gasteiger partial charge in [-0.05, 0) is 33.9 Å². The molecule has 8 heteroatoms. The molecule has 2 aromatic heterocycles. The molecule has 0 aliphatic rings. The van der Waals surface area contributed by atoms with Crippen molar-refractivity contribution in [3.63, 3.8) is 0 Å². The lowest BCUT2D eigenvalue weighted by atomic mass is 9.98. The summed E-state index contributed by atoms with van der Waals surface area (Å²) in [6, 6.07) is 25.6. The highest BCUT2D eigenvalue weighted by Crippen LogP contribution is 2.30. The number of hydrogen-bond donors (Lipinski definition) is 2. The van der Waals surface area contributed by atoms with Crippen LogP contribution in [0.15, 0.2) is 83.7 Å². The summed E-state index contributed by atoms with van der Waals surface area (Å²) in [6.45, 7) is 2.35. The average Bonchev–Trinajstić information content (AvgIpc) is 3.48. The highest BCUT2D eigenvalue weighted by molar-refractivity contribution is 5.80. The van der Waals surface area contributed by atoms with Gasteiger partial charge in [-0.15, -0.1) is 10.2 Å². The lowest BCUT2D eigenvalue weighted by Gasteiger charge is -2.20. The van der Waals surface area contributed by atoms with Crippen molar-refractivity contribution in [2.24, 2.45) is 0 Å². The Kier molecular flexibility index (Phi) is 7.28. The van der Waals surface area contributed by atoms with E-state index in [-0.39, 0.29) is 12.2 Å². The topological polar surface area (TPSA) is 110 Å². The van der Waals surface area contributed by atoms with Crippen LogP contribution in [0.2, 0.25) is 0 Å². The van der Waals surface area contributed by atoms with Crippen LogP contribution >= 0.6 is 0 Å². The molecule has 0 unspecified atom stereocenters. The van der Waals surface area contributed by atoms with Gasteiger partial charge in [0.25, 0.3) is 5.56 Å². The number of unbranched alkanes of at least 4 members (excludes halogenated alkanes) is 1. The van der Waals surface area contributed by atoms with E-state index in [0.717, 1.165) is 40.7 Å². The van der Waals surface area contributed by atoms with Gasteiger partial charge >= 0.3 is 0 Å². The van der Waals surface area contributed by atoms with Crippen molar-refractivity contribution in [2.45, 2.75) is 39.3 Å². The van der Waals surface area contributed by atoms with Gasteiger partial charge in [-0.3, -0.25) is 4.79 Å². The zero-order chi connectivity index (χ0) is 25.6. The first-order chi connectivity index (χ1) is 18.2. The van der Waals surface area contributed by atoms with Gasteiger partial charge in [0.2, 0.25) is 5.82 Å². The lowest BCUT2D eigenvalue weighted by Crippen LogP contribution is -2.25. The number of nitrogens with zero attached hydrogens (tertiary/aromatic N) is 5. The van der Waals surface area contributed by atoms with Crippen LogP contribution < -0.4 is 5.56 Å². The number of aromatic amines is 1. The molecule has 0 aliphatic heterocycles. The maximum absolute atomic E-state index is 13.1. The second-order valence-corrected chi connectivity index (χ2v) is 8.85. The first-order valence-electron chi connectivity index (χ1n) is 12.4. The number of nitrogens with one attached hydrogen (secondary N) is 1. The molecule has 2 heterocycles. The Morgan fingerprint density at radius 2 is 1.62 bits per heavy atom. The number of benzene rings is 3. The summed E-state index contributed by atoms with van der Waals surface area (Å²) in [4.78, 5) is 17.5. The number of aliphatic hydroxyl groups excluding tert-OH is 1. The van der Waals surface area contributed by atoms with Crippen LogP contribution in [0, 0.1) is 0 Å². The Bertz CT molecular complexity index is 1530. The minimum atomic E-state index is -0.300. The molecule has 5 aromatic rings. The Morgan fingerprint density at radius 1 is 0.892 bits per heavy atom. The van der Waals surface area contributed by atoms with Crippen LogP contribution in [-0.4, -0.2) is 35.3 Å². The van der Waals surface area contributed by atoms with Crippen LogP contribution in [0.3, 0.4) is 0 Å². The molecule has 0 radical (unpaired) electrons. The van der Waals surface area contributed by atoms with Gasteiger partial charge in [-0.2, -0.15) is 10.2 Å². The van der Waals surface area contributed by atoms with Crippen molar-refractivity contribution in [1.82, 2.24) is 30.2 Å². The molecule has 0 atom stereocenters. The molecule has 8 nitrogen and oxygen atoms in total. The highest BCUT2D eigenvalue weighted by atomic mass is 16.3. The molecule has 3 aromatic carbocycles. The van der Waals surface area contributed by atoms with E-state index in [9.17, 15) is 9.90 Å². The SMILES string of the molecule is CCCCc1nc(=O)c(-c2ccccc2)c(CO)n1Cc1ccc(-c2ccccc2-c2nn[nH]n2)cc1. The third-order valence-corrected chi connectivity index (χ3v) is 6.46. The van der Waals surface area contributed by atoms with E-state index in [1.54, 1.807) is 0 Å². The first-order valence-corrected chi connectivity index (χ1v) is 12.4. The molecule has 2 N–H and O–H groups in total.